The molecule has 3 N–H and O–H groups in total. The fourth-order valence-electron chi connectivity index (χ4n) is 1.66. The van der Waals surface area contributed by atoms with E-state index < -0.39 is 27.1 Å². The quantitative estimate of drug-likeness (QED) is 0.770. The summed E-state index contributed by atoms with van der Waals surface area (Å²) < 4.78 is 22.8. The van der Waals surface area contributed by atoms with Crippen molar-refractivity contribution in [3.8, 4) is 0 Å². The van der Waals surface area contributed by atoms with E-state index in [0.29, 0.717) is 0 Å². The van der Waals surface area contributed by atoms with Gasteiger partial charge in [0.1, 0.15) is 0 Å². The van der Waals surface area contributed by atoms with Gasteiger partial charge < -0.3 is 10.8 Å². The summed E-state index contributed by atoms with van der Waals surface area (Å²) in [7, 11) is -3.29. The largest absolute Gasteiger partial charge is 0.391 e. The van der Waals surface area contributed by atoms with E-state index in [2.05, 4.69) is 4.98 Å². The number of hydrogen-bond donors (Lipinski definition) is 2. The standard InChI is InChI=1S/C11H18N2O3S/c1-8(17(2,15)16)11(14)10(7-12)9-3-5-13-6-4-9/h3-6,8,10-11,14H,7,12H2,1-2H3. The number of hydrogen-bond acceptors (Lipinski definition) is 5. The van der Waals surface area contributed by atoms with Gasteiger partial charge >= 0.3 is 0 Å². The van der Waals surface area contributed by atoms with Crippen molar-refractivity contribution in [2.24, 2.45) is 5.73 Å². The van der Waals surface area contributed by atoms with Crippen LogP contribution in [0.25, 0.3) is 0 Å². The van der Waals surface area contributed by atoms with Crippen molar-refractivity contribution in [1.29, 1.82) is 0 Å². The molecule has 0 aliphatic rings. The highest BCUT2D eigenvalue weighted by Crippen LogP contribution is 2.22. The molecule has 1 heterocycles. The van der Waals surface area contributed by atoms with Crippen molar-refractivity contribution in [1.82, 2.24) is 4.98 Å². The number of aromatic nitrogens is 1. The molecule has 17 heavy (non-hydrogen) atoms. The molecule has 0 saturated heterocycles. The molecular formula is C11H18N2O3S. The lowest BCUT2D eigenvalue weighted by Gasteiger charge is -2.25. The zero-order valence-electron chi connectivity index (χ0n) is 9.95. The van der Waals surface area contributed by atoms with Crippen molar-refractivity contribution >= 4 is 9.84 Å². The van der Waals surface area contributed by atoms with E-state index >= 15 is 0 Å². The van der Waals surface area contributed by atoms with E-state index in [1.54, 1.807) is 24.5 Å². The number of aliphatic hydroxyl groups is 1. The van der Waals surface area contributed by atoms with Crippen LogP contribution >= 0.6 is 0 Å². The molecule has 0 aliphatic carbocycles. The van der Waals surface area contributed by atoms with Gasteiger partial charge in [-0.1, -0.05) is 0 Å². The van der Waals surface area contributed by atoms with Gasteiger partial charge in [-0.25, -0.2) is 8.42 Å². The van der Waals surface area contributed by atoms with E-state index in [9.17, 15) is 13.5 Å². The summed E-state index contributed by atoms with van der Waals surface area (Å²) >= 11 is 0. The molecule has 0 saturated carbocycles. The van der Waals surface area contributed by atoms with Crippen LogP contribution in [0.1, 0.15) is 18.4 Å². The maximum absolute atomic E-state index is 11.4. The first-order valence-corrected chi connectivity index (χ1v) is 7.30. The molecule has 0 aliphatic heterocycles. The zero-order chi connectivity index (χ0) is 13.1. The van der Waals surface area contributed by atoms with Crippen LogP contribution in [0, 0.1) is 0 Å². The molecule has 3 atom stereocenters. The maximum atomic E-state index is 11.4. The molecule has 6 heteroatoms. The van der Waals surface area contributed by atoms with Crippen LogP contribution in [0.4, 0.5) is 0 Å². The Bertz CT molecular complexity index is 447. The predicted molar refractivity (Wildman–Crippen MR) is 66.3 cm³/mol. The van der Waals surface area contributed by atoms with Crippen LogP contribution in [-0.4, -0.2) is 42.7 Å². The average Bonchev–Trinajstić information content (AvgIpc) is 2.29. The Kier molecular flexibility index (Phi) is 4.62. The van der Waals surface area contributed by atoms with E-state index in [4.69, 9.17) is 5.73 Å². The Morgan fingerprint density at radius 3 is 2.35 bits per heavy atom. The van der Waals surface area contributed by atoms with Gasteiger partial charge in [0.15, 0.2) is 9.84 Å². The van der Waals surface area contributed by atoms with Crippen molar-refractivity contribution in [2.75, 3.05) is 12.8 Å². The lowest BCUT2D eigenvalue weighted by Crippen LogP contribution is -2.38. The van der Waals surface area contributed by atoms with Crippen LogP contribution in [0.3, 0.4) is 0 Å². The third kappa shape index (κ3) is 3.49. The molecule has 96 valence electrons. The maximum Gasteiger partial charge on any atom is 0.152 e. The van der Waals surface area contributed by atoms with Gasteiger partial charge in [0.2, 0.25) is 0 Å². The Morgan fingerprint density at radius 1 is 1.41 bits per heavy atom. The number of rotatable bonds is 5. The first-order valence-electron chi connectivity index (χ1n) is 5.35. The fraction of sp³-hybridized carbons (Fsp3) is 0.545. The van der Waals surface area contributed by atoms with Gasteiger partial charge in [0.25, 0.3) is 0 Å². The number of pyridine rings is 1. The minimum atomic E-state index is -3.29. The topological polar surface area (TPSA) is 93.3 Å². The Hall–Kier alpha value is -0.980. The molecule has 1 aromatic rings. The molecule has 3 unspecified atom stereocenters. The highest BCUT2D eigenvalue weighted by atomic mass is 32.2. The van der Waals surface area contributed by atoms with Crippen LogP contribution in [0.5, 0.6) is 0 Å². The predicted octanol–water partition coefficient (Wildman–Crippen LogP) is -0.0821. The van der Waals surface area contributed by atoms with Crippen LogP contribution < -0.4 is 5.73 Å². The molecule has 0 aromatic carbocycles. The monoisotopic (exact) mass is 258 g/mol. The van der Waals surface area contributed by atoms with Crippen molar-refractivity contribution < 1.29 is 13.5 Å². The van der Waals surface area contributed by atoms with Crippen LogP contribution in [-0.2, 0) is 9.84 Å². The second kappa shape index (κ2) is 5.57. The number of nitrogens with two attached hydrogens (primary N) is 1. The summed E-state index contributed by atoms with van der Waals surface area (Å²) in [6.07, 6.45) is 3.28. The molecule has 0 fully saturated rings. The Balaban J connectivity index is 2.97. The molecule has 1 rings (SSSR count). The zero-order valence-corrected chi connectivity index (χ0v) is 10.8. The van der Waals surface area contributed by atoms with E-state index in [1.165, 1.54) is 6.92 Å². The first kappa shape index (κ1) is 14.1. The molecule has 5 nitrogen and oxygen atoms in total. The van der Waals surface area contributed by atoms with E-state index in [1.807, 2.05) is 0 Å². The SMILES string of the molecule is CC(C(O)C(CN)c1ccncc1)S(C)(=O)=O. The number of aliphatic hydroxyl groups excluding tert-OH is 1. The molecular weight excluding hydrogens is 240 g/mol. The Morgan fingerprint density at radius 2 is 1.94 bits per heavy atom. The molecule has 0 spiro atoms. The summed E-state index contributed by atoms with van der Waals surface area (Å²) in [6.45, 7) is 1.68. The van der Waals surface area contributed by atoms with Gasteiger partial charge in [-0.2, -0.15) is 0 Å². The highest BCUT2D eigenvalue weighted by Gasteiger charge is 2.31. The molecule has 0 bridgehead atoms. The smallest absolute Gasteiger partial charge is 0.152 e. The van der Waals surface area contributed by atoms with Gasteiger partial charge in [-0.05, 0) is 24.6 Å². The lowest BCUT2D eigenvalue weighted by molar-refractivity contribution is 0.144. The summed E-state index contributed by atoms with van der Waals surface area (Å²) in [6, 6.07) is 3.46. The van der Waals surface area contributed by atoms with Gasteiger partial charge in [-0.15, -0.1) is 0 Å². The summed E-state index contributed by atoms with van der Waals surface area (Å²) in [5.74, 6) is -0.400. The van der Waals surface area contributed by atoms with Crippen LogP contribution in [0.2, 0.25) is 0 Å². The molecule has 0 amide bonds. The third-order valence-electron chi connectivity index (χ3n) is 2.96. The van der Waals surface area contributed by atoms with Crippen LogP contribution in [0.15, 0.2) is 24.5 Å². The van der Waals surface area contributed by atoms with E-state index in [0.717, 1.165) is 11.8 Å². The third-order valence-corrected chi connectivity index (χ3v) is 4.59. The minimum Gasteiger partial charge on any atom is -0.391 e. The number of nitrogens with zero attached hydrogens (tertiary/aromatic N) is 1. The summed E-state index contributed by atoms with van der Waals surface area (Å²) in [5, 5.41) is 9.24. The lowest BCUT2D eigenvalue weighted by atomic mass is 9.92. The van der Waals surface area contributed by atoms with Crippen molar-refractivity contribution in [3.05, 3.63) is 30.1 Å². The first-order chi connectivity index (χ1) is 7.88. The van der Waals surface area contributed by atoms with Crippen molar-refractivity contribution in [3.63, 3.8) is 0 Å². The average molecular weight is 258 g/mol. The van der Waals surface area contributed by atoms with Gasteiger partial charge in [-0.3, -0.25) is 4.98 Å². The Labute approximate surface area is 102 Å². The normalized spacial score (nSPS) is 17.4. The molecule has 0 radical (unpaired) electrons. The highest BCUT2D eigenvalue weighted by molar-refractivity contribution is 7.91. The second-order valence-corrected chi connectivity index (χ2v) is 6.55. The van der Waals surface area contributed by atoms with Gasteiger partial charge in [0, 0.05) is 31.1 Å². The fourth-order valence-corrected chi connectivity index (χ4v) is 2.36. The van der Waals surface area contributed by atoms with E-state index in [-0.39, 0.29) is 6.54 Å². The summed E-state index contributed by atoms with van der Waals surface area (Å²) in [4.78, 5) is 3.87. The minimum absolute atomic E-state index is 0.186. The molecule has 1 aromatic heterocycles. The second-order valence-electron chi connectivity index (χ2n) is 4.15. The summed E-state index contributed by atoms with van der Waals surface area (Å²) in [5.41, 5.74) is 6.41. The van der Waals surface area contributed by atoms with Gasteiger partial charge in [0.05, 0.1) is 11.4 Å². The number of sulfone groups is 1. The van der Waals surface area contributed by atoms with Crippen molar-refractivity contribution in [2.45, 2.75) is 24.2 Å².